The summed E-state index contributed by atoms with van der Waals surface area (Å²) in [6, 6.07) is 3.50. The molecule has 2 aromatic rings. The maximum absolute atomic E-state index is 13.5. The van der Waals surface area contributed by atoms with Crippen LogP contribution in [0.1, 0.15) is 10.4 Å². The quantitative estimate of drug-likeness (QED) is 0.566. The Morgan fingerprint density at radius 1 is 1.11 bits per heavy atom. The smallest absolute Gasteiger partial charge is 0.257 e. The zero-order valence-corrected chi connectivity index (χ0v) is 14.5. The third kappa shape index (κ3) is 3.42. The van der Waals surface area contributed by atoms with Crippen LogP contribution in [0.15, 0.2) is 30.2 Å². The fourth-order valence-electron chi connectivity index (χ4n) is 1.30. The van der Waals surface area contributed by atoms with Crippen LogP contribution < -0.4 is 5.32 Å². The van der Waals surface area contributed by atoms with Gasteiger partial charge in [0.15, 0.2) is 0 Å². The number of anilines is 1. The van der Waals surface area contributed by atoms with Crippen LogP contribution in [0, 0.1) is 11.6 Å². The van der Waals surface area contributed by atoms with E-state index in [1.165, 1.54) is 17.4 Å². The number of hydrogen-bond donors (Lipinski definition) is 1. The molecule has 8 heteroatoms. The van der Waals surface area contributed by atoms with Gasteiger partial charge in [0.1, 0.15) is 11.6 Å². The highest BCUT2D eigenvalue weighted by atomic mass is 79.9. The Morgan fingerprint density at radius 3 is 2.37 bits per heavy atom. The van der Waals surface area contributed by atoms with Gasteiger partial charge in [-0.05, 0) is 59.9 Å². The van der Waals surface area contributed by atoms with Crippen LogP contribution in [0.25, 0.3) is 0 Å². The van der Waals surface area contributed by atoms with Gasteiger partial charge in [-0.3, -0.25) is 4.79 Å². The van der Waals surface area contributed by atoms with Crippen LogP contribution in [0.2, 0.25) is 0 Å². The van der Waals surface area contributed by atoms with Gasteiger partial charge in [0.2, 0.25) is 0 Å². The monoisotopic (exact) mass is 473 g/mol. The molecule has 0 saturated heterocycles. The van der Waals surface area contributed by atoms with Crippen molar-refractivity contribution in [2.75, 3.05) is 5.32 Å². The summed E-state index contributed by atoms with van der Waals surface area (Å²) in [6.45, 7) is 0. The molecule has 0 atom stereocenters. The number of benzene rings is 1. The van der Waals surface area contributed by atoms with Crippen molar-refractivity contribution >= 4 is 70.7 Å². The molecule has 0 bridgehead atoms. The molecule has 0 fully saturated rings. The van der Waals surface area contributed by atoms with Gasteiger partial charge in [-0.15, -0.1) is 11.3 Å². The molecule has 2 rings (SSSR count). The van der Waals surface area contributed by atoms with E-state index >= 15 is 0 Å². The predicted molar refractivity (Wildman–Crippen MR) is 81.7 cm³/mol. The first-order valence-corrected chi connectivity index (χ1v) is 7.98. The summed E-state index contributed by atoms with van der Waals surface area (Å²) in [6.07, 6.45) is 0. The Labute approximate surface area is 136 Å². The van der Waals surface area contributed by atoms with Gasteiger partial charge in [0, 0.05) is 6.07 Å². The van der Waals surface area contributed by atoms with Crippen molar-refractivity contribution in [3.8, 4) is 0 Å². The number of nitrogens with one attached hydrogen (secondary N) is 1. The largest absolute Gasteiger partial charge is 0.319 e. The zero-order valence-electron chi connectivity index (χ0n) is 8.94. The Morgan fingerprint density at radius 2 is 1.79 bits per heavy atom. The van der Waals surface area contributed by atoms with Gasteiger partial charge >= 0.3 is 0 Å². The number of carbonyl (C=O) groups excluding carboxylic acids is 1. The van der Waals surface area contributed by atoms with E-state index in [0.29, 0.717) is 15.4 Å². The molecule has 0 aliphatic rings. The van der Waals surface area contributed by atoms with Crippen LogP contribution in [0.4, 0.5) is 14.5 Å². The van der Waals surface area contributed by atoms with Crippen molar-refractivity contribution in [2.45, 2.75) is 0 Å². The lowest BCUT2D eigenvalue weighted by molar-refractivity contribution is 0.102. The SMILES string of the molecule is O=C(Nc1cc(Br)c(F)cc1F)c1cc(Br)sc1Br. The van der Waals surface area contributed by atoms with E-state index in [1.54, 1.807) is 6.07 Å². The maximum Gasteiger partial charge on any atom is 0.257 e. The lowest BCUT2D eigenvalue weighted by atomic mass is 10.2. The topological polar surface area (TPSA) is 29.1 Å². The fourth-order valence-corrected chi connectivity index (χ4v) is 4.44. The minimum absolute atomic E-state index is 0.0785. The Kier molecular flexibility index (Phi) is 4.75. The third-order valence-corrected chi connectivity index (χ3v) is 5.11. The van der Waals surface area contributed by atoms with Crippen molar-refractivity contribution < 1.29 is 13.6 Å². The highest BCUT2D eigenvalue weighted by Gasteiger charge is 2.16. The zero-order chi connectivity index (χ0) is 14.2. The number of carbonyl (C=O) groups is 1. The standard InChI is InChI=1S/C11H4Br3F2NOS/c12-5-2-8(7(16)3-6(5)15)17-11(18)4-1-9(13)19-10(4)14/h1-3H,(H,17,18). The van der Waals surface area contributed by atoms with Crippen LogP contribution in [-0.2, 0) is 0 Å². The summed E-state index contributed by atoms with van der Waals surface area (Å²) in [5, 5.41) is 2.39. The third-order valence-electron chi connectivity index (χ3n) is 2.16. The van der Waals surface area contributed by atoms with Crippen LogP contribution in [0.3, 0.4) is 0 Å². The molecule has 0 unspecified atom stereocenters. The highest BCUT2D eigenvalue weighted by molar-refractivity contribution is 9.12. The number of thiophene rings is 1. The predicted octanol–water partition coefficient (Wildman–Crippen LogP) is 5.57. The van der Waals surface area contributed by atoms with Crippen molar-refractivity contribution in [3.63, 3.8) is 0 Å². The summed E-state index contributed by atoms with van der Waals surface area (Å²) in [5.74, 6) is -2.04. The molecule has 0 saturated carbocycles. The Balaban J connectivity index is 2.29. The van der Waals surface area contributed by atoms with E-state index in [4.69, 9.17) is 0 Å². The summed E-state index contributed by atoms with van der Waals surface area (Å²) >= 11 is 10.8. The summed E-state index contributed by atoms with van der Waals surface area (Å²) in [5.41, 5.74) is 0.282. The lowest BCUT2D eigenvalue weighted by Crippen LogP contribution is -2.12. The van der Waals surface area contributed by atoms with Gasteiger partial charge < -0.3 is 5.32 Å². The van der Waals surface area contributed by atoms with Gasteiger partial charge in [0.25, 0.3) is 5.91 Å². The minimum atomic E-state index is -0.834. The minimum Gasteiger partial charge on any atom is -0.319 e. The molecular formula is C11H4Br3F2NOS. The van der Waals surface area contributed by atoms with Crippen LogP contribution >= 0.6 is 59.1 Å². The van der Waals surface area contributed by atoms with Gasteiger partial charge in [-0.2, -0.15) is 0 Å². The highest BCUT2D eigenvalue weighted by Crippen LogP contribution is 2.32. The second-order valence-electron chi connectivity index (χ2n) is 3.44. The molecule has 2 nitrogen and oxygen atoms in total. The average molecular weight is 476 g/mol. The van der Waals surface area contributed by atoms with Gasteiger partial charge in [-0.25, -0.2) is 8.78 Å². The van der Waals surface area contributed by atoms with Crippen molar-refractivity contribution in [1.29, 1.82) is 0 Å². The van der Waals surface area contributed by atoms with E-state index in [2.05, 4.69) is 53.1 Å². The molecule has 1 N–H and O–H groups in total. The van der Waals surface area contributed by atoms with Crippen LogP contribution in [0.5, 0.6) is 0 Å². The van der Waals surface area contributed by atoms with E-state index in [0.717, 1.165) is 3.79 Å². The number of halogens is 5. The summed E-state index contributed by atoms with van der Waals surface area (Å²) < 4.78 is 28.1. The van der Waals surface area contributed by atoms with Gasteiger partial charge in [0.05, 0.1) is 23.3 Å². The molecule has 1 heterocycles. The van der Waals surface area contributed by atoms with E-state index in [-0.39, 0.29) is 10.2 Å². The second-order valence-corrected chi connectivity index (χ2v) is 8.04. The molecule has 1 amide bonds. The Bertz CT molecular complexity index is 660. The fraction of sp³-hybridized carbons (Fsp3) is 0. The van der Waals surface area contributed by atoms with Crippen molar-refractivity contribution in [2.24, 2.45) is 0 Å². The Hall–Kier alpha value is -0.310. The van der Waals surface area contributed by atoms with Crippen molar-refractivity contribution in [1.82, 2.24) is 0 Å². The normalized spacial score (nSPS) is 10.6. The summed E-state index contributed by atoms with van der Waals surface area (Å²) in [4.78, 5) is 12.0. The summed E-state index contributed by atoms with van der Waals surface area (Å²) in [7, 11) is 0. The maximum atomic E-state index is 13.5. The molecule has 19 heavy (non-hydrogen) atoms. The van der Waals surface area contributed by atoms with Crippen LogP contribution in [-0.4, -0.2) is 5.91 Å². The second kappa shape index (κ2) is 5.99. The number of hydrogen-bond acceptors (Lipinski definition) is 2. The molecule has 100 valence electrons. The molecule has 1 aromatic carbocycles. The molecule has 0 aliphatic carbocycles. The van der Waals surface area contributed by atoms with Gasteiger partial charge in [-0.1, -0.05) is 0 Å². The van der Waals surface area contributed by atoms with E-state index in [1.807, 2.05) is 0 Å². The lowest BCUT2D eigenvalue weighted by Gasteiger charge is -2.07. The average Bonchev–Trinajstić information content (AvgIpc) is 2.65. The van der Waals surface area contributed by atoms with Crippen molar-refractivity contribution in [3.05, 3.63) is 47.4 Å². The first-order valence-electron chi connectivity index (χ1n) is 4.79. The first-order chi connectivity index (χ1) is 8.88. The first kappa shape index (κ1) is 15.1. The number of rotatable bonds is 2. The number of amides is 1. The van der Waals surface area contributed by atoms with E-state index in [9.17, 15) is 13.6 Å². The molecule has 0 aliphatic heterocycles. The molecule has 1 aromatic heterocycles. The molecule has 0 radical (unpaired) electrons. The molecular weight excluding hydrogens is 472 g/mol. The van der Waals surface area contributed by atoms with E-state index < -0.39 is 17.5 Å². The molecule has 0 spiro atoms.